The Labute approximate surface area is 148 Å². The van der Waals surface area contributed by atoms with Gasteiger partial charge in [-0.25, -0.2) is 4.98 Å². The van der Waals surface area contributed by atoms with Gasteiger partial charge in [0.2, 0.25) is 0 Å². The highest BCUT2D eigenvalue weighted by Crippen LogP contribution is 2.27. The fourth-order valence-corrected chi connectivity index (χ4v) is 4.28. The molecular weight excluding hydrogens is 322 g/mol. The number of piperidine rings is 2. The van der Waals surface area contributed by atoms with E-state index in [1.54, 1.807) is 0 Å². The molecule has 2 aliphatic heterocycles. The molecule has 0 radical (unpaired) electrons. The Morgan fingerprint density at radius 2 is 1.88 bits per heavy atom. The molecule has 24 heavy (non-hydrogen) atoms. The van der Waals surface area contributed by atoms with Crippen LogP contribution in [-0.2, 0) is 0 Å². The highest BCUT2D eigenvalue weighted by atomic mass is 35.5. The van der Waals surface area contributed by atoms with Crippen LogP contribution in [0.25, 0.3) is 10.9 Å². The van der Waals surface area contributed by atoms with E-state index in [4.69, 9.17) is 16.6 Å². The monoisotopic (exact) mass is 345 g/mol. The summed E-state index contributed by atoms with van der Waals surface area (Å²) in [7, 11) is 0. The molecule has 2 aliphatic rings. The summed E-state index contributed by atoms with van der Waals surface area (Å²) in [5.41, 5.74) is 0.887. The first-order valence-corrected chi connectivity index (χ1v) is 9.31. The maximum atomic E-state index is 9.89. The maximum Gasteiger partial charge on any atom is 0.129 e. The topological polar surface area (TPSA) is 39.6 Å². The third-order valence-corrected chi connectivity index (χ3v) is 5.69. The molecular formula is C19H24ClN3O. The predicted octanol–water partition coefficient (Wildman–Crippen LogP) is 3.31. The average molecular weight is 346 g/mol. The molecule has 0 unspecified atom stereocenters. The third-order valence-electron chi connectivity index (χ3n) is 5.39. The summed E-state index contributed by atoms with van der Waals surface area (Å²) in [4.78, 5) is 9.63. The number of para-hydroxylation sites is 1. The van der Waals surface area contributed by atoms with Gasteiger partial charge in [0.15, 0.2) is 0 Å². The maximum absolute atomic E-state index is 9.89. The van der Waals surface area contributed by atoms with Crippen LogP contribution in [0.5, 0.6) is 0 Å². The smallest absolute Gasteiger partial charge is 0.129 e. The first-order valence-electron chi connectivity index (χ1n) is 8.93. The largest absolute Gasteiger partial charge is 0.392 e. The zero-order chi connectivity index (χ0) is 16.5. The van der Waals surface area contributed by atoms with Crippen LogP contribution < -0.4 is 4.90 Å². The van der Waals surface area contributed by atoms with Crippen molar-refractivity contribution >= 4 is 28.3 Å². The minimum Gasteiger partial charge on any atom is -0.392 e. The van der Waals surface area contributed by atoms with Crippen molar-refractivity contribution in [2.45, 2.75) is 37.8 Å². The van der Waals surface area contributed by atoms with Crippen LogP contribution in [0.4, 0.5) is 5.82 Å². The number of likely N-dealkylation sites (tertiary alicyclic amines) is 1. The van der Waals surface area contributed by atoms with Crippen LogP contribution in [0.15, 0.2) is 30.3 Å². The number of aromatic nitrogens is 1. The Morgan fingerprint density at radius 3 is 2.67 bits per heavy atom. The number of halogens is 1. The van der Waals surface area contributed by atoms with E-state index in [9.17, 15) is 5.11 Å². The molecule has 4 rings (SSSR count). The van der Waals surface area contributed by atoms with E-state index in [0.29, 0.717) is 11.1 Å². The van der Waals surface area contributed by atoms with Crippen molar-refractivity contribution < 1.29 is 5.11 Å². The van der Waals surface area contributed by atoms with E-state index in [-0.39, 0.29) is 6.10 Å². The second-order valence-electron chi connectivity index (χ2n) is 6.99. The lowest BCUT2D eigenvalue weighted by atomic mass is 9.99. The van der Waals surface area contributed by atoms with E-state index in [1.165, 1.54) is 0 Å². The van der Waals surface area contributed by atoms with Gasteiger partial charge in [-0.2, -0.15) is 0 Å². The van der Waals surface area contributed by atoms with Crippen LogP contribution in [-0.4, -0.2) is 53.3 Å². The number of anilines is 1. The molecule has 128 valence electrons. The van der Waals surface area contributed by atoms with Crippen molar-refractivity contribution in [3.63, 3.8) is 0 Å². The summed E-state index contributed by atoms with van der Waals surface area (Å²) in [6.45, 7) is 4.00. The van der Waals surface area contributed by atoms with Crippen molar-refractivity contribution in [1.29, 1.82) is 0 Å². The minimum absolute atomic E-state index is 0.138. The van der Waals surface area contributed by atoms with Crippen LogP contribution in [0.2, 0.25) is 5.02 Å². The molecule has 0 saturated carbocycles. The van der Waals surface area contributed by atoms with Gasteiger partial charge >= 0.3 is 0 Å². The fraction of sp³-hybridized carbons (Fsp3) is 0.526. The average Bonchev–Trinajstić information content (AvgIpc) is 2.62. The Morgan fingerprint density at radius 1 is 1.04 bits per heavy atom. The number of pyridine rings is 1. The normalized spacial score (nSPS) is 23.8. The standard InChI is InChI=1S/C19H24ClN3O/c20-17-5-1-3-14-6-7-18(21-19(14)17)22-11-8-15(9-12-22)23-10-2-4-16(24)13-23/h1,3,5-7,15-16,24H,2,4,8-13H2/t16-/m1/s1. The van der Waals surface area contributed by atoms with E-state index in [2.05, 4.69) is 21.9 Å². The number of fused-ring (bicyclic) bond motifs is 1. The van der Waals surface area contributed by atoms with Crippen molar-refractivity contribution in [1.82, 2.24) is 9.88 Å². The number of aliphatic hydroxyl groups is 1. The van der Waals surface area contributed by atoms with Crippen LogP contribution in [0.1, 0.15) is 25.7 Å². The summed E-state index contributed by atoms with van der Waals surface area (Å²) < 4.78 is 0. The van der Waals surface area contributed by atoms with Gasteiger partial charge < -0.3 is 10.0 Å². The minimum atomic E-state index is -0.138. The Balaban J connectivity index is 1.45. The number of nitrogens with zero attached hydrogens (tertiary/aromatic N) is 3. The van der Waals surface area contributed by atoms with Crippen molar-refractivity contribution in [3.05, 3.63) is 35.4 Å². The van der Waals surface area contributed by atoms with Gasteiger partial charge in [0.25, 0.3) is 0 Å². The molecule has 0 spiro atoms. The number of hydrogen-bond donors (Lipinski definition) is 1. The summed E-state index contributed by atoms with van der Waals surface area (Å²) in [6, 6.07) is 10.7. The number of aliphatic hydroxyl groups excluding tert-OH is 1. The van der Waals surface area contributed by atoms with Gasteiger partial charge in [-0.1, -0.05) is 23.7 Å². The zero-order valence-corrected chi connectivity index (χ0v) is 14.6. The molecule has 4 nitrogen and oxygen atoms in total. The molecule has 0 bridgehead atoms. The fourth-order valence-electron chi connectivity index (χ4n) is 4.05. The van der Waals surface area contributed by atoms with Gasteiger partial charge in [-0.15, -0.1) is 0 Å². The second-order valence-corrected chi connectivity index (χ2v) is 7.40. The Kier molecular flexibility index (Phi) is 4.61. The van der Waals surface area contributed by atoms with Gasteiger partial charge in [0, 0.05) is 31.1 Å². The predicted molar refractivity (Wildman–Crippen MR) is 98.8 cm³/mol. The molecule has 0 amide bonds. The molecule has 2 aromatic rings. The SMILES string of the molecule is O[C@@H]1CCCN(C2CCN(c3ccc4cccc(Cl)c4n3)CC2)C1. The summed E-state index contributed by atoms with van der Waals surface area (Å²) >= 11 is 6.29. The molecule has 1 aromatic heterocycles. The molecule has 1 aromatic carbocycles. The summed E-state index contributed by atoms with van der Waals surface area (Å²) in [5.74, 6) is 1.02. The number of benzene rings is 1. The van der Waals surface area contributed by atoms with Crippen LogP contribution in [0, 0.1) is 0 Å². The highest BCUT2D eigenvalue weighted by molar-refractivity contribution is 6.35. The number of rotatable bonds is 2. The van der Waals surface area contributed by atoms with Crippen molar-refractivity contribution in [2.75, 3.05) is 31.1 Å². The van der Waals surface area contributed by atoms with Gasteiger partial charge in [-0.05, 0) is 50.4 Å². The second kappa shape index (κ2) is 6.87. The van der Waals surface area contributed by atoms with Gasteiger partial charge in [0.1, 0.15) is 5.82 Å². The van der Waals surface area contributed by atoms with E-state index < -0.39 is 0 Å². The van der Waals surface area contributed by atoms with Crippen molar-refractivity contribution in [2.24, 2.45) is 0 Å². The third kappa shape index (κ3) is 3.23. The summed E-state index contributed by atoms with van der Waals surface area (Å²) in [6.07, 6.45) is 4.20. The lowest BCUT2D eigenvalue weighted by molar-refractivity contribution is 0.0398. The quantitative estimate of drug-likeness (QED) is 0.906. The number of hydrogen-bond acceptors (Lipinski definition) is 4. The molecule has 2 fully saturated rings. The first-order chi connectivity index (χ1) is 11.7. The Bertz CT molecular complexity index is 715. The molecule has 2 saturated heterocycles. The van der Waals surface area contributed by atoms with Gasteiger partial charge in [0.05, 0.1) is 16.6 Å². The van der Waals surface area contributed by atoms with Crippen LogP contribution in [0.3, 0.4) is 0 Å². The van der Waals surface area contributed by atoms with Crippen LogP contribution >= 0.6 is 11.6 Å². The Hall–Kier alpha value is -1.36. The molecule has 1 atom stereocenters. The molecule has 3 heterocycles. The highest BCUT2D eigenvalue weighted by Gasteiger charge is 2.28. The lowest BCUT2D eigenvalue weighted by Crippen LogP contribution is -2.49. The summed E-state index contributed by atoms with van der Waals surface area (Å²) in [5, 5.41) is 11.7. The zero-order valence-electron chi connectivity index (χ0n) is 13.9. The van der Waals surface area contributed by atoms with E-state index >= 15 is 0 Å². The van der Waals surface area contributed by atoms with E-state index in [0.717, 1.165) is 68.6 Å². The first kappa shape index (κ1) is 16.1. The molecule has 5 heteroatoms. The molecule has 1 N–H and O–H groups in total. The van der Waals surface area contributed by atoms with Gasteiger partial charge in [-0.3, -0.25) is 4.90 Å². The molecule has 0 aliphatic carbocycles. The van der Waals surface area contributed by atoms with Crippen molar-refractivity contribution in [3.8, 4) is 0 Å². The number of β-amino-alcohol motifs (C(OH)–C–C–N with tert-alkyl or cyclic N) is 1. The lowest BCUT2D eigenvalue weighted by Gasteiger charge is -2.41. The van der Waals surface area contributed by atoms with E-state index in [1.807, 2.05) is 18.2 Å².